The molecule has 0 spiro atoms. The quantitative estimate of drug-likeness (QED) is 0.524. The molecule has 2 aromatic heterocycles. The van der Waals surface area contributed by atoms with Crippen LogP contribution in [0.15, 0.2) is 48.7 Å². The molecule has 108 valence electrons. The van der Waals surface area contributed by atoms with Crippen molar-refractivity contribution in [1.29, 1.82) is 0 Å². The van der Waals surface area contributed by atoms with Crippen LogP contribution in [0.25, 0.3) is 21.8 Å². The number of nitrogens with zero attached hydrogens (tertiary/aromatic N) is 1. The standard InChI is InChI=1S/C16H11ClN4O/c17-9-4-5-14-11(8-9)15(21-20-14)16(22)19-13-3-1-2-12-10(13)6-7-18-12/h1-8,18H,(H,19,22)(H,20,21). The SMILES string of the molecule is O=C(Nc1cccc2[nH]ccc12)c1n[nH]c2ccc(Cl)cc12. The monoisotopic (exact) mass is 310 g/mol. The van der Waals surface area contributed by atoms with Crippen LogP contribution in [-0.4, -0.2) is 21.1 Å². The Morgan fingerprint density at radius 2 is 2.00 bits per heavy atom. The van der Waals surface area contributed by atoms with E-state index in [1.165, 1.54) is 0 Å². The molecule has 0 aliphatic rings. The molecule has 2 aromatic carbocycles. The van der Waals surface area contributed by atoms with Gasteiger partial charge in [-0.3, -0.25) is 9.89 Å². The second kappa shape index (κ2) is 4.89. The summed E-state index contributed by atoms with van der Waals surface area (Å²) in [6.07, 6.45) is 1.84. The highest BCUT2D eigenvalue weighted by molar-refractivity contribution is 6.31. The Balaban J connectivity index is 1.75. The van der Waals surface area contributed by atoms with Crippen molar-refractivity contribution in [1.82, 2.24) is 15.2 Å². The van der Waals surface area contributed by atoms with Gasteiger partial charge in [0.2, 0.25) is 0 Å². The Kier molecular flexibility index (Phi) is 2.87. The van der Waals surface area contributed by atoms with Crippen molar-refractivity contribution in [2.75, 3.05) is 5.32 Å². The maximum absolute atomic E-state index is 12.5. The molecule has 0 radical (unpaired) electrons. The lowest BCUT2D eigenvalue weighted by Gasteiger charge is -2.05. The number of anilines is 1. The number of aromatic nitrogens is 3. The van der Waals surface area contributed by atoms with Crippen LogP contribution in [0.4, 0.5) is 5.69 Å². The van der Waals surface area contributed by atoms with E-state index in [0.29, 0.717) is 16.1 Å². The fourth-order valence-corrected chi connectivity index (χ4v) is 2.71. The van der Waals surface area contributed by atoms with Crippen LogP contribution in [0.3, 0.4) is 0 Å². The summed E-state index contributed by atoms with van der Waals surface area (Å²) < 4.78 is 0. The molecule has 4 aromatic rings. The largest absolute Gasteiger partial charge is 0.361 e. The first-order chi connectivity index (χ1) is 10.7. The smallest absolute Gasteiger partial charge is 0.276 e. The number of benzene rings is 2. The van der Waals surface area contributed by atoms with Gasteiger partial charge in [-0.25, -0.2) is 0 Å². The fourth-order valence-electron chi connectivity index (χ4n) is 2.54. The van der Waals surface area contributed by atoms with Crippen molar-refractivity contribution >= 4 is 45.0 Å². The molecule has 0 fully saturated rings. The van der Waals surface area contributed by atoms with Gasteiger partial charge in [0.05, 0.1) is 11.2 Å². The Morgan fingerprint density at radius 1 is 1.09 bits per heavy atom. The van der Waals surface area contributed by atoms with Crippen LogP contribution in [0.1, 0.15) is 10.5 Å². The van der Waals surface area contributed by atoms with Gasteiger partial charge in [-0.1, -0.05) is 17.7 Å². The molecule has 0 unspecified atom stereocenters. The average molecular weight is 311 g/mol. The summed E-state index contributed by atoms with van der Waals surface area (Å²) in [5.74, 6) is -0.276. The van der Waals surface area contributed by atoms with E-state index < -0.39 is 0 Å². The number of hydrogen-bond acceptors (Lipinski definition) is 2. The number of H-pyrrole nitrogens is 2. The van der Waals surface area contributed by atoms with E-state index in [1.54, 1.807) is 18.2 Å². The summed E-state index contributed by atoms with van der Waals surface area (Å²) in [6.45, 7) is 0. The van der Waals surface area contributed by atoms with E-state index in [1.807, 2.05) is 30.5 Å². The topological polar surface area (TPSA) is 73.6 Å². The normalized spacial score (nSPS) is 11.1. The number of fused-ring (bicyclic) bond motifs is 2. The third kappa shape index (κ3) is 2.03. The van der Waals surface area contributed by atoms with E-state index in [-0.39, 0.29) is 5.91 Å². The Bertz CT molecular complexity index is 1000. The molecule has 1 amide bonds. The maximum Gasteiger partial charge on any atom is 0.276 e. The molecule has 0 bridgehead atoms. The van der Waals surface area contributed by atoms with E-state index >= 15 is 0 Å². The van der Waals surface area contributed by atoms with Gasteiger partial charge in [0.1, 0.15) is 0 Å². The predicted molar refractivity (Wildman–Crippen MR) is 87.4 cm³/mol. The van der Waals surface area contributed by atoms with Gasteiger partial charge < -0.3 is 10.3 Å². The lowest BCUT2D eigenvalue weighted by Crippen LogP contribution is -2.12. The minimum atomic E-state index is -0.276. The van der Waals surface area contributed by atoms with Gasteiger partial charge >= 0.3 is 0 Å². The van der Waals surface area contributed by atoms with Crippen LogP contribution >= 0.6 is 11.6 Å². The number of rotatable bonds is 2. The highest BCUT2D eigenvalue weighted by Crippen LogP contribution is 2.25. The molecule has 5 nitrogen and oxygen atoms in total. The van der Waals surface area contributed by atoms with Crippen molar-refractivity contribution in [3.05, 3.63) is 59.4 Å². The first kappa shape index (κ1) is 12.9. The molecular formula is C16H11ClN4O. The van der Waals surface area contributed by atoms with E-state index in [2.05, 4.69) is 20.5 Å². The number of carbonyl (C=O) groups excluding carboxylic acids is 1. The lowest BCUT2D eigenvalue weighted by molar-refractivity contribution is 0.102. The second-order valence-corrected chi connectivity index (χ2v) is 5.40. The summed E-state index contributed by atoms with van der Waals surface area (Å²) in [7, 11) is 0. The number of hydrogen-bond donors (Lipinski definition) is 3. The summed E-state index contributed by atoms with van der Waals surface area (Å²) >= 11 is 6.00. The maximum atomic E-state index is 12.5. The first-order valence-corrected chi connectivity index (χ1v) is 7.11. The third-order valence-corrected chi connectivity index (χ3v) is 3.82. The molecule has 0 aliphatic heterocycles. The lowest BCUT2D eigenvalue weighted by atomic mass is 10.2. The number of nitrogens with one attached hydrogen (secondary N) is 3. The van der Waals surface area contributed by atoms with E-state index in [0.717, 1.165) is 22.1 Å². The van der Waals surface area contributed by atoms with Crippen LogP contribution < -0.4 is 5.32 Å². The Morgan fingerprint density at radius 3 is 2.91 bits per heavy atom. The number of halogens is 1. The van der Waals surface area contributed by atoms with Crippen molar-refractivity contribution in [2.45, 2.75) is 0 Å². The molecule has 3 N–H and O–H groups in total. The molecule has 22 heavy (non-hydrogen) atoms. The zero-order chi connectivity index (χ0) is 15.1. The van der Waals surface area contributed by atoms with E-state index in [4.69, 9.17) is 11.6 Å². The first-order valence-electron chi connectivity index (χ1n) is 6.73. The van der Waals surface area contributed by atoms with E-state index in [9.17, 15) is 4.79 Å². The molecule has 0 aliphatic carbocycles. The molecule has 4 rings (SSSR count). The molecule has 0 saturated heterocycles. The van der Waals surface area contributed by atoms with Gasteiger partial charge in [0.25, 0.3) is 5.91 Å². The molecule has 6 heteroatoms. The molecule has 0 atom stereocenters. The van der Waals surface area contributed by atoms with Crippen molar-refractivity contribution in [3.8, 4) is 0 Å². The Hall–Kier alpha value is -2.79. The minimum absolute atomic E-state index is 0.276. The van der Waals surface area contributed by atoms with Crippen LogP contribution in [-0.2, 0) is 0 Å². The van der Waals surface area contributed by atoms with Crippen molar-refractivity contribution in [2.24, 2.45) is 0 Å². The summed E-state index contributed by atoms with van der Waals surface area (Å²) in [4.78, 5) is 15.6. The molecule has 0 saturated carbocycles. The average Bonchev–Trinajstić information content (AvgIpc) is 3.13. The van der Waals surface area contributed by atoms with Gasteiger partial charge in [-0.2, -0.15) is 5.10 Å². The zero-order valence-electron chi connectivity index (χ0n) is 11.4. The van der Waals surface area contributed by atoms with Crippen LogP contribution in [0, 0.1) is 0 Å². The van der Waals surface area contributed by atoms with Gasteiger partial charge in [-0.15, -0.1) is 0 Å². The molecular weight excluding hydrogens is 300 g/mol. The van der Waals surface area contributed by atoms with Crippen molar-refractivity contribution < 1.29 is 4.79 Å². The minimum Gasteiger partial charge on any atom is -0.361 e. The molecule has 2 heterocycles. The number of aromatic amines is 2. The predicted octanol–water partition coefficient (Wildman–Crippen LogP) is 3.95. The Labute approximate surface area is 130 Å². The third-order valence-electron chi connectivity index (χ3n) is 3.58. The van der Waals surface area contributed by atoms with Crippen LogP contribution in [0.2, 0.25) is 5.02 Å². The summed E-state index contributed by atoms with van der Waals surface area (Å²) in [6, 6.07) is 12.9. The summed E-state index contributed by atoms with van der Waals surface area (Å²) in [5.41, 5.74) is 2.80. The van der Waals surface area contributed by atoms with Gasteiger partial charge in [0, 0.05) is 27.5 Å². The highest BCUT2D eigenvalue weighted by Gasteiger charge is 2.15. The van der Waals surface area contributed by atoms with Crippen LogP contribution in [0.5, 0.6) is 0 Å². The summed E-state index contributed by atoms with van der Waals surface area (Å²) in [5, 5.41) is 12.1. The number of amides is 1. The van der Waals surface area contributed by atoms with Gasteiger partial charge in [0.15, 0.2) is 5.69 Å². The highest BCUT2D eigenvalue weighted by atomic mass is 35.5. The zero-order valence-corrected chi connectivity index (χ0v) is 12.1. The number of carbonyl (C=O) groups is 1. The van der Waals surface area contributed by atoms with Crippen molar-refractivity contribution in [3.63, 3.8) is 0 Å². The second-order valence-electron chi connectivity index (χ2n) is 4.96. The fraction of sp³-hybridized carbons (Fsp3) is 0. The van der Waals surface area contributed by atoms with Gasteiger partial charge in [-0.05, 0) is 36.4 Å².